The molecular formula is C27H29N3O4S. The van der Waals surface area contributed by atoms with E-state index in [2.05, 4.69) is 0 Å². The molecule has 0 radical (unpaired) electrons. The van der Waals surface area contributed by atoms with Crippen molar-refractivity contribution in [1.82, 2.24) is 9.80 Å². The van der Waals surface area contributed by atoms with Gasteiger partial charge in [0.15, 0.2) is 0 Å². The summed E-state index contributed by atoms with van der Waals surface area (Å²) in [6.07, 6.45) is 3.00. The van der Waals surface area contributed by atoms with Crippen LogP contribution in [-0.4, -0.2) is 39.1 Å². The van der Waals surface area contributed by atoms with Crippen molar-refractivity contribution < 1.29 is 14.5 Å². The molecule has 0 saturated carbocycles. The molecule has 2 amide bonds. The second-order valence-corrected chi connectivity index (χ2v) is 9.50. The van der Waals surface area contributed by atoms with Gasteiger partial charge in [0.2, 0.25) is 11.8 Å². The number of amides is 2. The summed E-state index contributed by atoms with van der Waals surface area (Å²) in [7, 11) is 0. The summed E-state index contributed by atoms with van der Waals surface area (Å²) >= 11 is 1.62. The van der Waals surface area contributed by atoms with E-state index in [9.17, 15) is 19.7 Å². The van der Waals surface area contributed by atoms with Crippen molar-refractivity contribution in [2.45, 2.75) is 39.9 Å². The molecule has 3 rings (SSSR count). The van der Waals surface area contributed by atoms with Gasteiger partial charge in [-0.25, -0.2) is 0 Å². The van der Waals surface area contributed by atoms with Crippen LogP contribution in [0.15, 0.2) is 72.1 Å². The van der Waals surface area contributed by atoms with Gasteiger partial charge in [-0.2, -0.15) is 0 Å². The number of hydrogen-bond donors (Lipinski definition) is 0. The van der Waals surface area contributed by atoms with Crippen LogP contribution in [0.5, 0.6) is 0 Å². The van der Waals surface area contributed by atoms with Crippen LogP contribution in [0.1, 0.15) is 35.4 Å². The number of nitrogens with zero attached hydrogens (tertiary/aromatic N) is 3. The molecule has 182 valence electrons. The maximum Gasteiger partial charge on any atom is 0.269 e. The molecule has 8 heteroatoms. The van der Waals surface area contributed by atoms with Crippen molar-refractivity contribution in [1.29, 1.82) is 0 Å². The molecule has 0 aliphatic rings. The maximum atomic E-state index is 13.4. The minimum atomic E-state index is -0.469. The number of benzene rings is 2. The Morgan fingerprint density at radius 2 is 1.71 bits per heavy atom. The van der Waals surface area contributed by atoms with Gasteiger partial charge < -0.3 is 9.80 Å². The number of rotatable bonds is 10. The lowest BCUT2D eigenvalue weighted by Crippen LogP contribution is -2.45. The normalized spacial score (nSPS) is 11.1. The minimum absolute atomic E-state index is 0.0117. The Morgan fingerprint density at radius 1 is 1.03 bits per heavy atom. The average molecular weight is 492 g/mol. The molecule has 0 saturated heterocycles. The summed E-state index contributed by atoms with van der Waals surface area (Å²) in [4.78, 5) is 41.2. The van der Waals surface area contributed by atoms with E-state index < -0.39 is 4.92 Å². The second-order valence-electron chi connectivity index (χ2n) is 8.50. The van der Waals surface area contributed by atoms with Crippen molar-refractivity contribution in [3.63, 3.8) is 0 Å². The number of thiophene rings is 1. The summed E-state index contributed by atoms with van der Waals surface area (Å²) in [5.41, 5.74) is 2.82. The molecule has 1 heterocycles. The van der Waals surface area contributed by atoms with Crippen LogP contribution in [0.3, 0.4) is 0 Å². The Hall–Kier alpha value is -3.78. The zero-order valence-corrected chi connectivity index (χ0v) is 20.9. The number of aryl methyl sites for hydroxylation is 1. The van der Waals surface area contributed by atoms with E-state index in [1.807, 2.05) is 62.5 Å². The van der Waals surface area contributed by atoms with Crippen molar-refractivity contribution in [3.05, 3.63) is 104 Å². The maximum absolute atomic E-state index is 13.4. The largest absolute Gasteiger partial charge is 0.332 e. The van der Waals surface area contributed by atoms with Crippen LogP contribution in [-0.2, 0) is 22.7 Å². The zero-order chi connectivity index (χ0) is 25.4. The van der Waals surface area contributed by atoms with Crippen LogP contribution in [0, 0.1) is 17.0 Å². The average Bonchev–Trinajstić information content (AvgIpc) is 3.25. The third kappa shape index (κ3) is 7.35. The van der Waals surface area contributed by atoms with Crippen molar-refractivity contribution in [2.24, 2.45) is 0 Å². The fourth-order valence-corrected chi connectivity index (χ4v) is 4.43. The van der Waals surface area contributed by atoms with Crippen LogP contribution < -0.4 is 0 Å². The van der Waals surface area contributed by atoms with E-state index >= 15 is 0 Å². The first-order valence-electron chi connectivity index (χ1n) is 11.3. The third-order valence-corrected chi connectivity index (χ3v) is 6.61. The first-order chi connectivity index (χ1) is 16.7. The molecule has 1 aromatic heterocycles. The van der Waals surface area contributed by atoms with Gasteiger partial charge in [-0.05, 0) is 67.1 Å². The molecule has 35 heavy (non-hydrogen) atoms. The zero-order valence-electron chi connectivity index (χ0n) is 20.1. The molecule has 0 bridgehead atoms. The Kier molecular flexibility index (Phi) is 8.92. The topological polar surface area (TPSA) is 83.8 Å². The standard InChI is InChI=1S/C27H29N3O4S/c1-20(2)29(26(31)14-11-22-9-12-24(13-10-22)30(33)34)19-27(32)28(17-23-7-5-4-6-8-23)18-25-21(3)15-16-35-25/h4-16,20H,17-19H2,1-3H3/b14-11+. The van der Waals surface area contributed by atoms with Crippen molar-refractivity contribution in [3.8, 4) is 0 Å². The lowest BCUT2D eigenvalue weighted by Gasteiger charge is -2.29. The number of non-ortho nitro benzene ring substituents is 1. The van der Waals surface area contributed by atoms with Gasteiger partial charge in [0.05, 0.1) is 11.5 Å². The summed E-state index contributed by atoms with van der Waals surface area (Å²) in [6, 6.07) is 17.6. The number of carbonyl (C=O) groups is 2. The van der Waals surface area contributed by atoms with E-state index in [1.165, 1.54) is 23.1 Å². The van der Waals surface area contributed by atoms with E-state index in [4.69, 9.17) is 0 Å². The lowest BCUT2D eigenvalue weighted by molar-refractivity contribution is -0.384. The molecule has 2 aromatic carbocycles. The molecule has 0 atom stereocenters. The summed E-state index contributed by atoms with van der Waals surface area (Å²) < 4.78 is 0. The predicted molar refractivity (Wildman–Crippen MR) is 139 cm³/mol. The molecule has 3 aromatic rings. The van der Waals surface area contributed by atoms with Gasteiger partial charge in [-0.15, -0.1) is 11.3 Å². The van der Waals surface area contributed by atoms with E-state index in [0.717, 1.165) is 16.0 Å². The number of carbonyl (C=O) groups excluding carboxylic acids is 2. The van der Waals surface area contributed by atoms with Crippen LogP contribution in [0.25, 0.3) is 6.08 Å². The third-order valence-electron chi connectivity index (χ3n) is 5.61. The number of nitro groups is 1. The smallest absolute Gasteiger partial charge is 0.269 e. The van der Waals surface area contributed by atoms with Crippen LogP contribution >= 0.6 is 11.3 Å². The van der Waals surface area contributed by atoms with Gasteiger partial charge >= 0.3 is 0 Å². The van der Waals surface area contributed by atoms with Crippen LogP contribution in [0.4, 0.5) is 5.69 Å². The summed E-state index contributed by atoms with van der Waals surface area (Å²) in [6.45, 7) is 6.67. The van der Waals surface area contributed by atoms with Gasteiger partial charge in [0, 0.05) is 35.7 Å². The minimum Gasteiger partial charge on any atom is -0.332 e. The summed E-state index contributed by atoms with van der Waals surface area (Å²) in [5, 5.41) is 12.8. The highest BCUT2D eigenvalue weighted by Gasteiger charge is 2.23. The van der Waals surface area contributed by atoms with Gasteiger partial charge in [0.25, 0.3) is 5.69 Å². The molecule has 0 spiro atoms. The highest BCUT2D eigenvalue weighted by atomic mass is 32.1. The number of nitro benzene ring substituents is 1. The molecule has 0 N–H and O–H groups in total. The van der Waals surface area contributed by atoms with E-state index in [-0.39, 0.29) is 30.1 Å². The first kappa shape index (κ1) is 25.8. The molecule has 7 nitrogen and oxygen atoms in total. The fraction of sp³-hybridized carbons (Fsp3) is 0.259. The van der Waals surface area contributed by atoms with E-state index in [1.54, 1.807) is 34.4 Å². The number of hydrogen-bond acceptors (Lipinski definition) is 5. The Morgan fingerprint density at radius 3 is 2.29 bits per heavy atom. The first-order valence-corrected chi connectivity index (χ1v) is 12.2. The quantitative estimate of drug-likeness (QED) is 0.215. The van der Waals surface area contributed by atoms with Crippen molar-refractivity contribution >= 4 is 34.9 Å². The Balaban J connectivity index is 1.74. The van der Waals surface area contributed by atoms with Gasteiger partial charge in [-0.1, -0.05) is 30.3 Å². The highest BCUT2D eigenvalue weighted by Crippen LogP contribution is 2.20. The fourth-order valence-electron chi connectivity index (χ4n) is 3.51. The monoisotopic (exact) mass is 491 g/mol. The SMILES string of the molecule is Cc1ccsc1CN(Cc1ccccc1)C(=O)CN(C(=O)/C=C/c1ccc([N+](=O)[O-])cc1)C(C)C. The summed E-state index contributed by atoms with van der Waals surface area (Å²) in [5.74, 6) is -0.425. The van der Waals surface area contributed by atoms with Crippen LogP contribution in [0.2, 0.25) is 0 Å². The molecule has 0 aliphatic carbocycles. The molecule has 0 unspecified atom stereocenters. The second kappa shape index (κ2) is 12.1. The molecule has 0 fully saturated rings. The predicted octanol–water partition coefficient (Wildman–Crippen LogP) is 5.44. The Bertz CT molecular complexity index is 1190. The highest BCUT2D eigenvalue weighted by molar-refractivity contribution is 7.10. The van der Waals surface area contributed by atoms with Gasteiger partial charge in [0.1, 0.15) is 6.54 Å². The van der Waals surface area contributed by atoms with Crippen molar-refractivity contribution in [2.75, 3.05) is 6.54 Å². The Labute approximate surface area is 209 Å². The molecule has 0 aliphatic heterocycles. The van der Waals surface area contributed by atoms with Gasteiger partial charge in [-0.3, -0.25) is 19.7 Å². The lowest BCUT2D eigenvalue weighted by atomic mass is 10.2. The van der Waals surface area contributed by atoms with E-state index in [0.29, 0.717) is 18.7 Å². The molecular weight excluding hydrogens is 462 g/mol.